The molecule has 0 saturated heterocycles. The first-order valence-corrected chi connectivity index (χ1v) is 8.53. The molecule has 0 spiro atoms. The summed E-state index contributed by atoms with van der Waals surface area (Å²) in [4.78, 5) is 4.18. The van der Waals surface area contributed by atoms with E-state index in [0.29, 0.717) is 6.54 Å². The number of rotatable bonds is 7. The van der Waals surface area contributed by atoms with Gasteiger partial charge in [-0.1, -0.05) is 54.6 Å². The maximum absolute atomic E-state index is 10.4. The largest absolute Gasteiger partial charge is 0.389 e. The molecule has 2 atom stereocenters. The van der Waals surface area contributed by atoms with Crippen LogP contribution in [0, 0.1) is 13.8 Å². The summed E-state index contributed by atoms with van der Waals surface area (Å²) in [6, 6.07) is 18.3. The highest BCUT2D eigenvalue weighted by atomic mass is 16.5. The third-order valence-electron chi connectivity index (χ3n) is 4.36. The number of hydrogen-bond acceptors (Lipinski definition) is 3. The Labute approximate surface area is 148 Å². The molecule has 3 aromatic rings. The minimum absolute atomic E-state index is 0.194. The third-order valence-corrected chi connectivity index (χ3v) is 4.36. The van der Waals surface area contributed by atoms with E-state index < -0.39 is 6.10 Å². The molecule has 0 fully saturated rings. The smallest absolute Gasteiger partial charge is 0.108 e. The summed E-state index contributed by atoms with van der Waals surface area (Å²) in [6.45, 7) is 4.74. The number of hydrogen-bond donors (Lipinski definition) is 1. The zero-order valence-electron chi connectivity index (χ0n) is 14.7. The van der Waals surface area contributed by atoms with Gasteiger partial charge in [-0.05, 0) is 30.5 Å². The predicted octanol–water partition coefficient (Wildman–Crippen LogP) is 3.67. The molecule has 0 unspecified atom stereocenters. The van der Waals surface area contributed by atoms with Gasteiger partial charge in [0.2, 0.25) is 0 Å². The zero-order chi connectivity index (χ0) is 17.6. The molecule has 0 aliphatic carbocycles. The maximum atomic E-state index is 10.4. The Balaban J connectivity index is 1.74. The molecule has 25 heavy (non-hydrogen) atoms. The molecule has 0 aliphatic heterocycles. The molecule has 1 N–H and O–H groups in total. The third kappa shape index (κ3) is 4.35. The van der Waals surface area contributed by atoms with Crippen LogP contribution in [-0.4, -0.2) is 27.4 Å². The second-order valence-corrected chi connectivity index (χ2v) is 6.26. The van der Waals surface area contributed by atoms with Gasteiger partial charge in [-0.15, -0.1) is 0 Å². The lowest BCUT2D eigenvalue weighted by Gasteiger charge is -2.23. The Morgan fingerprint density at radius 1 is 1.04 bits per heavy atom. The number of ether oxygens (including phenoxy) is 1. The SMILES string of the molecule is Cc1ccccc1[C@@H](OC[C@H](O)Cn1ccnc1C)c1ccccc1. The van der Waals surface area contributed by atoms with Gasteiger partial charge in [-0.3, -0.25) is 0 Å². The summed E-state index contributed by atoms with van der Waals surface area (Å²) in [7, 11) is 0. The number of aliphatic hydroxyl groups is 1. The Bertz CT molecular complexity index is 798. The first-order valence-electron chi connectivity index (χ1n) is 8.53. The normalized spacial score (nSPS) is 13.6. The van der Waals surface area contributed by atoms with Crippen molar-refractivity contribution in [3.05, 3.63) is 89.5 Å². The highest BCUT2D eigenvalue weighted by Gasteiger charge is 2.18. The minimum atomic E-state index is -0.594. The average Bonchev–Trinajstić information content (AvgIpc) is 3.02. The number of benzene rings is 2. The van der Waals surface area contributed by atoms with Gasteiger partial charge in [0.05, 0.1) is 19.3 Å². The fraction of sp³-hybridized carbons (Fsp3) is 0.286. The molecular weight excluding hydrogens is 312 g/mol. The van der Waals surface area contributed by atoms with Gasteiger partial charge in [0, 0.05) is 12.4 Å². The minimum Gasteiger partial charge on any atom is -0.389 e. The van der Waals surface area contributed by atoms with Crippen molar-refractivity contribution in [2.24, 2.45) is 0 Å². The molecule has 1 aromatic heterocycles. The number of nitrogens with zero attached hydrogens (tertiary/aromatic N) is 2. The fourth-order valence-electron chi connectivity index (χ4n) is 2.96. The van der Waals surface area contributed by atoms with E-state index in [-0.39, 0.29) is 12.7 Å². The number of aryl methyl sites for hydroxylation is 2. The Kier molecular flexibility index (Phi) is 5.64. The van der Waals surface area contributed by atoms with E-state index in [1.807, 2.05) is 48.0 Å². The van der Waals surface area contributed by atoms with Crippen LogP contribution >= 0.6 is 0 Å². The van der Waals surface area contributed by atoms with Crippen LogP contribution in [0.15, 0.2) is 67.0 Å². The van der Waals surface area contributed by atoms with Gasteiger partial charge < -0.3 is 14.4 Å². The lowest BCUT2D eigenvalue weighted by molar-refractivity contribution is -0.000980. The van der Waals surface area contributed by atoms with E-state index in [2.05, 4.69) is 36.2 Å². The second-order valence-electron chi connectivity index (χ2n) is 6.26. The van der Waals surface area contributed by atoms with Crippen LogP contribution in [0.3, 0.4) is 0 Å². The second kappa shape index (κ2) is 8.10. The standard InChI is InChI=1S/C21H24N2O2/c1-16-8-6-7-11-20(16)21(18-9-4-3-5-10-18)25-15-19(24)14-23-13-12-22-17(23)2/h3-13,19,21,24H,14-15H2,1-2H3/t19-,21+/m1/s1. The molecule has 0 radical (unpaired) electrons. The van der Waals surface area contributed by atoms with Crippen molar-refractivity contribution < 1.29 is 9.84 Å². The van der Waals surface area contributed by atoms with Gasteiger partial charge in [-0.25, -0.2) is 4.98 Å². The predicted molar refractivity (Wildman–Crippen MR) is 98.4 cm³/mol. The monoisotopic (exact) mass is 336 g/mol. The van der Waals surface area contributed by atoms with E-state index in [1.165, 1.54) is 5.56 Å². The molecule has 4 heteroatoms. The lowest BCUT2D eigenvalue weighted by atomic mass is 9.97. The Morgan fingerprint density at radius 3 is 2.44 bits per heavy atom. The highest BCUT2D eigenvalue weighted by molar-refractivity contribution is 5.35. The molecule has 2 aromatic carbocycles. The zero-order valence-corrected chi connectivity index (χ0v) is 14.7. The molecule has 1 heterocycles. The Morgan fingerprint density at radius 2 is 1.76 bits per heavy atom. The van der Waals surface area contributed by atoms with Crippen LogP contribution in [0.1, 0.15) is 28.6 Å². The van der Waals surface area contributed by atoms with Crippen LogP contribution in [0.2, 0.25) is 0 Å². The van der Waals surface area contributed by atoms with Crippen LogP contribution in [0.4, 0.5) is 0 Å². The summed E-state index contributed by atoms with van der Waals surface area (Å²) in [5, 5.41) is 10.4. The van der Waals surface area contributed by atoms with E-state index >= 15 is 0 Å². The van der Waals surface area contributed by atoms with Gasteiger partial charge >= 0.3 is 0 Å². The molecule has 0 amide bonds. The molecule has 130 valence electrons. The number of imidazole rings is 1. The van der Waals surface area contributed by atoms with Gasteiger partial charge in [0.1, 0.15) is 11.9 Å². The summed E-state index contributed by atoms with van der Waals surface area (Å²) in [5.41, 5.74) is 3.39. The highest BCUT2D eigenvalue weighted by Crippen LogP contribution is 2.28. The van der Waals surface area contributed by atoms with Crippen molar-refractivity contribution in [3.63, 3.8) is 0 Å². The summed E-state index contributed by atoms with van der Waals surface area (Å²) >= 11 is 0. The van der Waals surface area contributed by atoms with Gasteiger partial charge in [0.15, 0.2) is 0 Å². The van der Waals surface area contributed by atoms with E-state index in [4.69, 9.17) is 4.74 Å². The van der Waals surface area contributed by atoms with Crippen molar-refractivity contribution in [1.82, 2.24) is 9.55 Å². The summed E-state index contributed by atoms with van der Waals surface area (Å²) in [5.74, 6) is 0.887. The van der Waals surface area contributed by atoms with E-state index in [9.17, 15) is 5.11 Å². The van der Waals surface area contributed by atoms with Crippen molar-refractivity contribution in [2.45, 2.75) is 32.6 Å². The lowest BCUT2D eigenvalue weighted by Crippen LogP contribution is -2.24. The average molecular weight is 336 g/mol. The van der Waals surface area contributed by atoms with Crippen molar-refractivity contribution in [2.75, 3.05) is 6.61 Å². The molecule has 4 nitrogen and oxygen atoms in total. The van der Waals surface area contributed by atoms with Gasteiger partial charge in [-0.2, -0.15) is 0 Å². The van der Waals surface area contributed by atoms with Crippen LogP contribution in [0.25, 0.3) is 0 Å². The molecule has 0 aliphatic rings. The van der Waals surface area contributed by atoms with Crippen LogP contribution < -0.4 is 0 Å². The van der Waals surface area contributed by atoms with Crippen molar-refractivity contribution in [3.8, 4) is 0 Å². The van der Waals surface area contributed by atoms with Crippen LogP contribution in [0.5, 0.6) is 0 Å². The molecule has 0 saturated carbocycles. The van der Waals surface area contributed by atoms with Crippen molar-refractivity contribution in [1.29, 1.82) is 0 Å². The fourth-order valence-corrected chi connectivity index (χ4v) is 2.96. The quantitative estimate of drug-likeness (QED) is 0.716. The first kappa shape index (κ1) is 17.4. The number of aliphatic hydroxyl groups excluding tert-OH is 1. The molecular formula is C21H24N2O2. The molecule has 3 rings (SSSR count). The topological polar surface area (TPSA) is 47.3 Å². The van der Waals surface area contributed by atoms with E-state index in [1.54, 1.807) is 6.20 Å². The number of aromatic nitrogens is 2. The summed E-state index contributed by atoms with van der Waals surface area (Å²) < 4.78 is 8.09. The first-order chi connectivity index (χ1) is 12.1. The molecule has 0 bridgehead atoms. The maximum Gasteiger partial charge on any atom is 0.108 e. The summed E-state index contributed by atoms with van der Waals surface area (Å²) in [6.07, 6.45) is 2.82. The van der Waals surface area contributed by atoms with Gasteiger partial charge in [0.25, 0.3) is 0 Å². The Hall–Kier alpha value is -2.43. The van der Waals surface area contributed by atoms with Crippen LogP contribution in [-0.2, 0) is 11.3 Å². The van der Waals surface area contributed by atoms with E-state index in [0.717, 1.165) is 17.0 Å². The van der Waals surface area contributed by atoms with Crippen molar-refractivity contribution >= 4 is 0 Å².